The first-order chi connectivity index (χ1) is 9.20. The lowest BCUT2D eigenvalue weighted by Gasteiger charge is -2.34. The van der Waals surface area contributed by atoms with E-state index in [0.29, 0.717) is 0 Å². The Hall–Kier alpha value is -1.14. The molecular weight excluding hydrogens is 260 g/mol. The standard InChI is InChI=1S/C13H20N4OS/c1-9-11(12(14-2)19-15-9)13(18)17-7-5-16(6-8-17)10-3-4-10/h10,14H,3-8H2,1-2H3. The first kappa shape index (κ1) is 12.9. The summed E-state index contributed by atoms with van der Waals surface area (Å²) in [5.74, 6) is 0.131. The second-order valence-corrected chi connectivity index (χ2v) is 6.05. The summed E-state index contributed by atoms with van der Waals surface area (Å²) in [4.78, 5) is 17.1. The van der Waals surface area contributed by atoms with Crippen molar-refractivity contribution >= 4 is 22.4 Å². The number of carbonyl (C=O) groups is 1. The van der Waals surface area contributed by atoms with Crippen LogP contribution in [0.25, 0.3) is 0 Å². The van der Waals surface area contributed by atoms with Crippen LogP contribution in [-0.2, 0) is 0 Å². The number of anilines is 1. The quantitative estimate of drug-likeness (QED) is 0.909. The fraction of sp³-hybridized carbons (Fsp3) is 0.692. The molecule has 1 aromatic heterocycles. The van der Waals surface area contributed by atoms with Crippen LogP contribution in [0.5, 0.6) is 0 Å². The van der Waals surface area contributed by atoms with E-state index in [1.165, 1.54) is 24.4 Å². The van der Waals surface area contributed by atoms with Gasteiger partial charge in [-0.3, -0.25) is 9.69 Å². The Bertz CT molecular complexity index is 475. The van der Waals surface area contributed by atoms with Gasteiger partial charge in [0, 0.05) is 39.3 Å². The molecule has 2 fully saturated rings. The van der Waals surface area contributed by atoms with E-state index in [2.05, 4.69) is 14.6 Å². The lowest BCUT2D eigenvalue weighted by atomic mass is 10.2. The van der Waals surface area contributed by atoms with Gasteiger partial charge in [0.1, 0.15) is 5.00 Å². The SMILES string of the molecule is CNc1snc(C)c1C(=O)N1CCN(C2CC2)CC1. The Labute approximate surface area is 117 Å². The molecule has 104 valence electrons. The van der Waals surface area contributed by atoms with Crippen molar-refractivity contribution in [1.29, 1.82) is 0 Å². The van der Waals surface area contributed by atoms with E-state index in [-0.39, 0.29) is 5.91 Å². The van der Waals surface area contributed by atoms with E-state index in [1.807, 2.05) is 18.9 Å². The summed E-state index contributed by atoms with van der Waals surface area (Å²) in [6.45, 7) is 5.62. The molecule has 6 heteroatoms. The molecule has 2 aliphatic rings. The molecule has 1 aliphatic carbocycles. The van der Waals surface area contributed by atoms with E-state index >= 15 is 0 Å². The Kier molecular flexibility index (Phi) is 3.45. The number of piperazine rings is 1. The molecule has 1 saturated heterocycles. The number of aromatic nitrogens is 1. The number of nitrogens with zero attached hydrogens (tertiary/aromatic N) is 3. The van der Waals surface area contributed by atoms with Crippen LogP contribution < -0.4 is 5.32 Å². The maximum absolute atomic E-state index is 12.6. The number of rotatable bonds is 3. The van der Waals surface area contributed by atoms with Crippen molar-refractivity contribution in [1.82, 2.24) is 14.2 Å². The molecule has 1 aliphatic heterocycles. The maximum Gasteiger partial charge on any atom is 0.258 e. The molecule has 0 spiro atoms. The molecule has 0 aromatic carbocycles. The lowest BCUT2D eigenvalue weighted by Crippen LogP contribution is -2.49. The van der Waals surface area contributed by atoms with Crippen molar-refractivity contribution in [3.8, 4) is 0 Å². The van der Waals surface area contributed by atoms with Crippen molar-refractivity contribution in [2.75, 3.05) is 38.5 Å². The van der Waals surface area contributed by atoms with Gasteiger partial charge < -0.3 is 10.2 Å². The minimum Gasteiger partial charge on any atom is -0.378 e. The van der Waals surface area contributed by atoms with Crippen LogP contribution in [0.15, 0.2) is 0 Å². The number of amides is 1. The molecule has 5 nitrogen and oxygen atoms in total. The van der Waals surface area contributed by atoms with Crippen LogP contribution in [0.2, 0.25) is 0 Å². The normalized spacial score (nSPS) is 20.6. The average Bonchev–Trinajstić information content (AvgIpc) is 3.21. The first-order valence-corrected chi connectivity index (χ1v) is 7.65. The van der Waals surface area contributed by atoms with Crippen LogP contribution in [0.4, 0.5) is 5.00 Å². The zero-order valence-corrected chi connectivity index (χ0v) is 12.3. The third-order valence-electron chi connectivity index (χ3n) is 3.97. The van der Waals surface area contributed by atoms with Gasteiger partial charge in [-0.05, 0) is 31.3 Å². The van der Waals surface area contributed by atoms with Gasteiger partial charge in [-0.15, -0.1) is 0 Å². The number of hydrogen-bond acceptors (Lipinski definition) is 5. The highest BCUT2D eigenvalue weighted by Gasteiger charge is 2.33. The molecule has 0 atom stereocenters. The van der Waals surface area contributed by atoms with Crippen molar-refractivity contribution in [2.45, 2.75) is 25.8 Å². The highest BCUT2D eigenvalue weighted by atomic mass is 32.1. The van der Waals surface area contributed by atoms with E-state index in [9.17, 15) is 4.79 Å². The second-order valence-electron chi connectivity index (χ2n) is 5.28. The van der Waals surface area contributed by atoms with Crippen LogP contribution in [0.3, 0.4) is 0 Å². The van der Waals surface area contributed by atoms with Gasteiger partial charge in [0.25, 0.3) is 5.91 Å². The van der Waals surface area contributed by atoms with Crippen molar-refractivity contribution in [2.24, 2.45) is 0 Å². The fourth-order valence-corrected chi connectivity index (χ4v) is 3.42. The Morgan fingerprint density at radius 3 is 2.58 bits per heavy atom. The summed E-state index contributed by atoms with van der Waals surface area (Å²) in [7, 11) is 1.84. The molecule has 0 bridgehead atoms. The molecule has 19 heavy (non-hydrogen) atoms. The monoisotopic (exact) mass is 280 g/mol. The molecule has 1 amide bonds. The molecule has 3 rings (SSSR count). The van der Waals surface area contributed by atoms with E-state index < -0.39 is 0 Å². The fourth-order valence-electron chi connectivity index (χ4n) is 2.68. The molecule has 2 heterocycles. The minimum absolute atomic E-state index is 0.131. The Balaban J connectivity index is 1.68. The molecule has 0 unspecified atom stereocenters. The predicted molar refractivity (Wildman–Crippen MR) is 76.9 cm³/mol. The largest absolute Gasteiger partial charge is 0.378 e. The molecule has 1 N–H and O–H groups in total. The topological polar surface area (TPSA) is 48.5 Å². The lowest BCUT2D eigenvalue weighted by molar-refractivity contribution is 0.0627. The smallest absolute Gasteiger partial charge is 0.258 e. The van der Waals surface area contributed by atoms with Crippen LogP contribution in [-0.4, -0.2) is 59.3 Å². The predicted octanol–water partition coefficient (Wildman–Crippen LogP) is 1.41. The molecule has 1 saturated carbocycles. The van der Waals surface area contributed by atoms with Crippen LogP contribution in [0.1, 0.15) is 28.9 Å². The van der Waals surface area contributed by atoms with Crippen LogP contribution in [0, 0.1) is 6.92 Å². The Morgan fingerprint density at radius 2 is 2.00 bits per heavy atom. The van der Waals surface area contributed by atoms with E-state index in [4.69, 9.17) is 0 Å². The summed E-state index contributed by atoms with van der Waals surface area (Å²) in [5.41, 5.74) is 1.59. The summed E-state index contributed by atoms with van der Waals surface area (Å²) in [6.07, 6.45) is 2.68. The van der Waals surface area contributed by atoms with E-state index in [1.54, 1.807) is 0 Å². The number of hydrogen-bond donors (Lipinski definition) is 1. The minimum atomic E-state index is 0.131. The summed E-state index contributed by atoms with van der Waals surface area (Å²) < 4.78 is 4.28. The van der Waals surface area contributed by atoms with Gasteiger partial charge in [0.05, 0.1) is 11.3 Å². The van der Waals surface area contributed by atoms with Gasteiger partial charge in [-0.1, -0.05) is 0 Å². The zero-order chi connectivity index (χ0) is 13.4. The first-order valence-electron chi connectivity index (χ1n) is 6.88. The highest BCUT2D eigenvalue weighted by Crippen LogP contribution is 2.29. The number of carbonyl (C=O) groups excluding carboxylic acids is 1. The van der Waals surface area contributed by atoms with Crippen molar-refractivity contribution in [3.63, 3.8) is 0 Å². The molecule has 1 aromatic rings. The van der Waals surface area contributed by atoms with Gasteiger partial charge in [-0.25, -0.2) is 0 Å². The Morgan fingerprint density at radius 1 is 1.32 bits per heavy atom. The summed E-state index contributed by atoms with van der Waals surface area (Å²) >= 11 is 1.36. The average molecular weight is 280 g/mol. The third-order valence-corrected chi connectivity index (χ3v) is 4.92. The molecule has 0 radical (unpaired) electrons. The van der Waals surface area contributed by atoms with Gasteiger partial charge in [0.15, 0.2) is 0 Å². The zero-order valence-electron chi connectivity index (χ0n) is 11.5. The van der Waals surface area contributed by atoms with Crippen molar-refractivity contribution in [3.05, 3.63) is 11.3 Å². The number of aryl methyl sites for hydroxylation is 1. The van der Waals surface area contributed by atoms with Crippen molar-refractivity contribution < 1.29 is 4.79 Å². The van der Waals surface area contributed by atoms with Gasteiger partial charge in [0.2, 0.25) is 0 Å². The third kappa shape index (κ3) is 2.47. The second kappa shape index (κ2) is 5.09. The molecular formula is C13H20N4OS. The van der Waals surface area contributed by atoms with Crippen LogP contribution >= 0.6 is 11.5 Å². The highest BCUT2D eigenvalue weighted by molar-refractivity contribution is 7.10. The van der Waals surface area contributed by atoms with Gasteiger partial charge in [-0.2, -0.15) is 4.37 Å². The van der Waals surface area contributed by atoms with E-state index in [0.717, 1.165) is 48.5 Å². The summed E-state index contributed by atoms with van der Waals surface area (Å²) in [5, 5.41) is 3.95. The van der Waals surface area contributed by atoms with Gasteiger partial charge >= 0.3 is 0 Å². The maximum atomic E-state index is 12.6. The summed E-state index contributed by atoms with van der Waals surface area (Å²) in [6, 6.07) is 0.801. The number of nitrogens with one attached hydrogen (secondary N) is 1.